The molecule has 3 aromatic carbocycles. The molecule has 5 heterocycles. The summed E-state index contributed by atoms with van der Waals surface area (Å²) >= 11 is 6.85. The lowest BCUT2D eigenvalue weighted by atomic mass is 9.83. The summed E-state index contributed by atoms with van der Waals surface area (Å²) in [4.78, 5) is 98.8. The van der Waals surface area contributed by atoms with Crippen LogP contribution < -0.4 is 25.0 Å². The van der Waals surface area contributed by atoms with Gasteiger partial charge in [-0.05, 0) is 100 Å². The zero-order chi connectivity index (χ0) is 71.3. The van der Waals surface area contributed by atoms with Gasteiger partial charge in [-0.15, -0.1) is 0 Å². The first-order valence-corrected chi connectivity index (χ1v) is 32.9. The molecule has 0 saturated carbocycles. The predicted molar refractivity (Wildman–Crippen MR) is 355 cm³/mol. The number of carboxylic acid groups (broad SMARTS) is 1. The number of aromatic nitrogens is 1. The van der Waals surface area contributed by atoms with Crippen molar-refractivity contribution in [2.75, 3.05) is 78.6 Å². The minimum Gasteiger partial charge on any atom is -0.495 e. The van der Waals surface area contributed by atoms with Crippen molar-refractivity contribution in [2.45, 2.75) is 172 Å². The standard InChI is InChI=1S/C69H91ClN6O22/c1-11-73(6)37-45-34-44-17-12-13-19-48(44)76(45)25-23-46(77)18-15-26-91-28-29-92-27-24-55(78)71-47-31-42(21-22-50(47)94-65-60(82)58(80)59(81)61(97-65)63(83)84)38-93-67(87)74(7)41(4)64(85)96-54-35-56(79)75(8)49-32-43(33-51(89-9)57(49)70)30-39(2)16-14-20-53(90-10)69(88)36-52(95-66(86)72-69)40(3)62-68(54,5)98-62/h12-14,16-17,19-22,31-34,40-41,52-54,58-62,65,80-82,88H,11,15,18,23-30,35-38H2,1-10H3,(H,71,78)(H,72,86)(H,83,84)/b20-14+,39-16+/t40-,41+,52+,53-,54+,58+,59+,60-,61+,62+,65?,68-,69+/m1/s1. The molecule has 4 bridgehead atoms. The van der Waals surface area contributed by atoms with Gasteiger partial charge in [0.2, 0.25) is 18.1 Å². The molecule has 28 nitrogen and oxygen atoms in total. The van der Waals surface area contributed by atoms with Crippen molar-refractivity contribution in [3.05, 3.63) is 106 Å². The van der Waals surface area contributed by atoms with Gasteiger partial charge in [0.1, 0.15) is 77.2 Å². The normalized spacial score (nSPS) is 26.9. The van der Waals surface area contributed by atoms with Crippen LogP contribution in [0.1, 0.15) is 90.0 Å². The van der Waals surface area contributed by atoms with Gasteiger partial charge in [0.15, 0.2) is 11.8 Å². The number of aryl methyl sites for hydroxylation is 1. The molecular weight excluding hydrogens is 1300 g/mol. The van der Waals surface area contributed by atoms with Gasteiger partial charge < -0.3 is 92.6 Å². The number of hydrogen-bond acceptors (Lipinski definition) is 22. The molecule has 3 saturated heterocycles. The Kier molecular flexibility index (Phi) is 26.3. The lowest BCUT2D eigenvalue weighted by Gasteiger charge is -2.42. The van der Waals surface area contributed by atoms with Crippen LogP contribution in [0.25, 0.3) is 10.9 Å². The molecule has 1 unspecified atom stereocenters. The van der Waals surface area contributed by atoms with E-state index >= 15 is 0 Å². The number of carbonyl (C=O) groups excluding carboxylic acids is 6. The number of para-hydroxylation sites is 1. The molecule has 0 radical (unpaired) electrons. The maximum Gasteiger partial charge on any atom is 0.410 e. The number of nitrogens with one attached hydrogen (secondary N) is 2. The Labute approximate surface area is 573 Å². The average Bonchev–Trinajstić information content (AvgIpc) is 1.57. The molecule has 0 spiro atoms. The number of esters is 1. The summed E-state index contributed by atoms with van der Waals surface area (Å²) in [6.07, 6.45) is -10.1. The first-order valence-electron chi connectivity index (χ1n) is 32.5. The molecular formula is C69H91ClN6O22. The van der Waals surface area contributed by atoms with Crippen LogP contribution in [0.5, 0.6) is 11.5 Å². The third-order valence-electron chi connectivity index (χ3n) is 18.2. The molecule has 98 heavy (non-hydrogen) atoms. The van der Waals surface area contributed by atoms with E-state index in [1.807, 2.05) is 25.1 Å². The topological polar surface area (TPSA) is 355 Å². The van der Waals surface area contributed by atoms with E-state index in [2.05, 4.69) is 52.3 Å². The Morgan fingerprint density at radius 3 is 2.38 bits per heavy atom. The molecule has 1 aromatic heterocycles. The number of likely N-dealkylation sites (N-methyl/N-ethyl adjacent to an activating group) is 1. The summed E-state index contributed by atoms with van der Waals surface area (Å²) in [7, 11) is 7.66. The summed E-state index contributed by atoms with van der Waals surface area (Å²) in [5.41, 5.74) is 0.895. The zero-order valence-corrected chi connectivity index (χ0v) is 57.6. The highest BCUT2D eigenvalue weighted by molar-refractivity contribution is 6.35. The molecule has 7 N–H and O–H groups in total. The Morgan fingerprint density at radius 2 is 1.66 bits per heavy atom. The molecule has 8 rings (SSSR count). The monoisotopic (exact) mass is 1390 g/mol. The van der Waals surface area contributed by atoms with E-state index in [1.54, 1.807) is 38.1 Å². The van der Waals surface area contributed by atoms with Crippen molar-refractivity contribution < 1.29 is 106 Å². The number of aliphatic carboxylic acids is 1. The smallest absolute Gasteiger partial charge is 0.410 e. The summed E-state index contributed by atoms with van der Waals surface area (Å²) in [5, 5.41) is 59.7. The number of nitrogens with zero attached hydrogens (tertiary/aromatic N) is 4. The number of halogens is 1. The molecule has 4 aromatic rings. The number of allylic oxidation sites excluding steroid dienone is 3. The minimum absolute atomic E-state index is 0.0709. The molecule has 29 heteroatoms. The van der Waals surface area contributed by atoms with Crippen LogP contribution in [0, 0.1) is 5.92 Å². The number of fused-ring (bicyclic) bond motifs is 6. The summed E-state index contributed by atoms with van der Waals surface area (Å²) in [6.45, 7) is 11.0. The van der Waals surface area contributed by atoms with Gasteiger partial charge in [-0.25, -0.2) is 19.2 Å². The van der Waals surface area contributed by atoms with Crippen LogP contribution in [-0.2, 0) is 88.0 Å². The lowest BCUT2D eigenvalue weighted by molar-refractivity contribution is -0.271. The Bertz CT molecular complexity index is 3570. The number of carboxylic acids is 1. The van der Waals surface area contributed by atoms with Gasteiger partial charge in [-0.2, -0.15) is 0 Å². The Morgan fingerprint density at radius 1 is 0.929 bits per heavy atom. The van der Waals surface area contributed by atoms with E-state index in [1.165, 1.54) is 58.3 Å². The van der Waals surface area contributed by atoms with E-state index in [0.29, 0.717) is 38.8 Å². The second-order valence-corrected chi connectivity index (χ2v) is 25.7. The number of benzene rings is 3. The first kappa shape index (κ1) is 76.0. The number of aliphatic hydroxyl groups is 4. The molecule has 536 valence electrons. The number of carbonyl (C=O) groups is 7. The first-order chi connectivity index (χ1) is 46.6. The molecule has 0 aliphatic carbocycles. The molecule has 3 fully saturated rings. The summed E-state index contributed by atoms with van der Waals surface area (Å²) in [6, 6.07) is 16.4. The van der Waals surface area contributed by atoms with Crippen LogP contribution in [0.2, 0.25) is 5.02 Å². The predicted octanol–water partition coefficient (Wildman–Crippen LogP) is 5.80. The fourth-order valence-corrected chi connectivity index (χ4v) is 12.3. The van der Waals surface area contributed by atoms with Gasteiger partial charge >= 0.3 is 24.1 Å². The number of ether oxygens (including phenoxy) is 10. The van der Waals surface area contributed by atoms with E-state index in [0.717, 1.165) is 45.7 Å². The van der Waals surface area contributed by atoms with Gasteiger partial charge in [-0.1, -0.05) is 73.5 Å². The number of anilines is 2. The van der Waals surface area contributed by atoms with Gasteiger partial charge in [0.25, 0.3) is 0 Å². The lowest BCUT2D eigenvalue weighted by Crippen LogP contribution is -2.63. The van der Waals surface area contributed by atoms with E-state index in [9.17, 15) is 59.1 Å². The fraction of sp³-hybridized carbons (Fsp3) is 0.551. The van der Waals surface area contributed by atoms with Gasteiger partial charge in [0.05, 0.1) is 57.3 Å². The van der Waals surface area contributed by atoms with Gasteiger partial charge in [0, 0.05) is 77.3 Å². The maximum absolute atomic E-state index is 14.5. The van der Waals surface area contributed by atoms with Crippen molar-refractivity contribution in [1.82, 2.24) is 19.7 Å². The van der Waals surface area contributed by atoms with Crippen LogP contribution >= 0.6 is 11.6 Å². The largest absolute Gasteiger partial charge is 0.495 e. The van der Waals surface area contributed by atoms with Crippen LogP contribution in [0.3, 0.4) is 0 Å². The van der Waals surface area contributed by atoms with Gasteiger partial charge in [-0.3, -0.25) is 24.6 Å². The highest BCUT2D eigenvalue weighted by atomic mass is 35.5. The SMILES string of the molecule is CCN(C)Cc1cc2ccccc2n1CCC(=O)CCCOCCOCCC(=O)Nc1cc(COC(=O)N(C)[C@@H](C)C(=O)O[C@H]2CC(=O)N(C)c3cc(cc(OC)c3Cl)C/C(C)=C/C=C/[C@@H](OC)[C@@]3(O)C[C@H](OC(=O)N3)[C@@H](C)[C@@H]3O[C@]23C)ccc1OC1O[C@H](C(=O)O)[C@@H](O)[C@H](O)[C@H]1O. The van der Waals surface area contributed by atoms with Crippen LogP contribution in [-0.4, -0.2) is 222 Å². The number of rotatable bonds is 27. The number of aliphatic hydroxyl groups excluding tert-OH is 3. The fourth-order valence-electron chi connectivity index (χ4n) is 12.0. The van der Waals surface area contributed by atoms with E-state index in [4.69, 9.17) is 59.0 Å². The third-order valence-corrected chi connectivity index (χ3v) is 18.6. The van der Waals surface area contributed by atoms with E-state index < -0.39 is 127 Å². The Hall–Kier alpha value is -7.74. The van der Waals surface area contributed by atoms with Crippen LogP contribution in [0.15, 0.2) is 84.5 Å². The number of amides is 4. The van der Waals surface area contributed by atoms with E-state index in [-0.39, 0.29) is 71.9 Å². The number of methoxy groups -OCH3 is 2. The minimum atomic E-state index is -2.02. The number of alkyl carbamates (subject to hydrolysis) is 1. The number of Topliss-reactive ketones (excluding diaryl/α,β-unsaturated/α-hetero) is 1. The quantitative estimate of drug-likeness (QED) is 0.0160. The second kappa shape index (κ2) is 33.9. The Balaban J connectivity index is 0.894. The number of hydrogen-bond donors (Lipinski definition) is 7. The molecule has 4 aliphatic rings. The average molecular weight is 1390 g/mol. The molecule has 4 aliphatic heterocycles. The molecule has 13 atom stereocenters. The highest BCUT2D eigenvalue weighted by Crippen LogP contribution is 2.49. The second-order valence-electron chi connectivity index (χ2n) is 25.3. The van der Waals surface area contributed by atoms with Crippen molar-refractivity contribution in [1.29, 1.82) is 0 Å². The third kappa shape index (κ3) is 18.8. The molecule has 4 amide bonds. The highest BCUT2D eigenvalue weighted by Gasteiger charge is 2.64. The van der Waals surface area contributed by atoms with Crippen molar-refractivity contribution in [3.8, 4) is 11.5 Å². The number of ketones is 1. The van der Waals surface area contributed by atoms with Crippen LogP contribution in [0.4, 0.5) is 21.0 Å². The zero-order valence-electron chi connectivity index (χ0n) is 56.8. The summed E-state index contributed by atoms with van der Waals surface area (Å²) < 4.78 is 59.9. The maximum atomic E-state index is 14.5. The summed E-state index contributed by atoms with van der Waals surface area (Å²) in [5.74, 6) is -4.28. The van der Waals surface area contributed by atoms with Crippen molar-refractivity contribution in [3.63, 3.8) is 0 Å². The van der Waals surface area contributed by atoms with Crippen molar-refractivity contribution in [2.24, 2.45) is 5.92 Å². The number of epoxide rings is 1. The van der Waals surface area contributed by atoms with Crippen molar-refractivity contribution >= 4 is 75.6 Å².